The highest BCUT2D eigenvalue weighted by Crippen LogP contribution is 2.17. The number of para-hydroxylation sites is 1. The third kappa shape index (κ3) is 1.41. The lowest BCUT2D eigenvalue weighted by molar-refractivity contribution is 0.590. The molecule has 0 atom stereocenters. The molecular formula is C6H4F2N3+. The average molecular weight is 156 g/mol. The summed E-state index contributed by atoms with van der Waals surface area (Å²) in [6.45, 7) is 0. The molecule has 0 aliphatic heterocycles. The van der Waals surface area contributed by atoms with Crippen molar-refractivity contribution in [3.8, 4) is 0 Å². The van der Waals surface area contributed by atoms with Crippen molar-refractivity contribution >= 4 is 5.69 Å². The van der Waals surface area contributed by atoms with Gasteiger partial charge in [-0.05, 0) is 17.6 Å². The molecule has 11 heavy (non-hydrogen) atoms. The van der Waals surface area contributed by atoms with Crippen LogP contribution in [0.1, 0.15) is 0 Å². The monoisotopic (exact) mass is 156 g/mol. The van der Waals surface area contributed by atoms with E-state index in [1.165, 1.54) is 6.07 Å². The lowest BCUT2D eigenvalue weighted by Crippen LogP contribution is -1.92. The van der Waals surface area contributed by atoms with Gasteiger partial charge in [-0.3, -0.25) is 0 Å². The Kier molecular flexibility index (Phi) is 1.97. The van der Waals surface area contributed by atoms with Crippen LogP contribution >= 0.6 is 0 Å². The Bertz CT molecular complexity index is 285. The first-order valence-corrected chi connectivity index (χ1v) is 2.80. The second-order valence-electron chi connectivity index (χ2n) is 1.81. The van der Waals surface area contributed by atoms with Gasteiger partial charge in [-0.2, -0.15) is 0 Å². The van der Waals surface area contributed by atoms with Gasteiger partial charge in [0.25, 0.3) is 5.39 Å². The van der Waals surface area contributed by atoms with Crippen molar-refractivity contribution in [2.24, 2.45) is 0 Å². The largest absolute Gasteiger partial charge is 0.308 e. The van der Waals surface area contributed by atoms with Crippen molar-refractivity contribution in [1.82, 2.24) is 0 Å². The molecule has 0 fully saturated rings. The zero-order valence-electron chi connectivity index (χ0n) is 5.38. The van der Waals surface area contributed by atoms with Crippen LogP contribution in [0.2, 0.25) is 0 Å². The maximum absolute atomic E-state index is 12.6. The first-order valence-electron chi connectivity index (χ1n) is 2.80. The molecule has 0 radical (unpaired) electrons. The van der Waals surface area contributed by atoms with E-state index in [-0.39, 0.29) is 0 Å². The highest BCUT2D eigenvalue weighted by atomic mass is 19.1. The summed E-state index contributed by atoms with van der Waals surface area (Å²) in [6, 6.07) is 3.32. The zero-order valence-corrected chi connectivity index (χ0v) is 5.38. The van der Waals surface area contributed by atoms with E-state index in [2.05, 4.69) is 5.08 Å². The molecule has 0 bridgehead atoms. The minimum Gasteiger partial charge on any atom is -0.204 e. The van der Waals surface area contributed by atoms with Gasteiger partial charge in [0.2, 0.25) is 0 Å². The quantitative estimate of drug-likeness (QED) is 0.499. The molecule has 0 unspecified atom stereocenters. The van der Waals surface area contributed by atoms with Crippen LogP contribution in [0.25, 0.3) is 5.08 Å². The summed E-state index contributed by atoms with van der Waals surface area (Å²) < 4.78 is 25.1. The van der Waals surface area contributed by atoms with Gasteiger partial charge < -0.3 is 0 Å². The van der Waals surface area contributed by atoms with Crippen molar-refractivity contribution < 1.29 is 8.78 Å². The van der Waals surface area contributed by atoms with Crippen LogP contribution in [-0.2, 0) is 0 Å². The molecule has 0 aliphatic carbocycles. The summed E-state index contributed by atoms with van der Waals surface area (Å²) in [5.41, 5.74) is 1.31. The van der Waals surface area contributed by atoms with Crippen LogP contribution in [0.4, 0.5) is 14.5 Å². The summed E-state index contributed by atoms with van der Waals surface area (Å²) in [7, 11) is 0. The van der Waals surface area contributed by atoms with Gasteiger partial charge in [0.15, 0.2) is 17.3 Å². The molecule has 0 amide bonds. The number of hydrogen-bond donors (Lipinski definition) is 1. The molecule has 1 rings (SSSR count). The number of benzene rings is 1. The maximum Gasteiger partial charge on any atom is 0.308 e. The molecule has 0 saturated heterocycles. The maximum atomic E-state index is 12.6. The molecule has 0 heterocycles. The summed E-state index contributed by atoms with van der Waals surface area (Å²) in [6.07, 6.45) is 0. The summed E-state index contributed by atoms with van der Waals surface area (Å²) in [4.78, 5) is 0. The number of halogens is 2. The van der Waals surface area contributed by atoms with Gasteiger partial charge in [0.05, 0.1) is 0 Å². The summed E-state index contributed by atoms with van der Waals surface area (Å²) >= 11 is 0. The number of nitrogens with zero attached hydrogens (tertiary/aromatic N) is 2. The number of nitrogens with one attached hydrogen (secondary N) is 1. The van der Waals surface area contributed by atoms with Crippen molar-refractivity contribution in [2.75, 3.05) is 5.43 Å². The smallest absolute Gasteiger partial charge is 0.204 e. The number of hydrogen-bond acceptors (Lipinski definition) is 2. The number of diazo groups is 1. The molecule has 0 aromatic heterocycles. The molecule has 0 saturated carbocycles. The van der Waals surface area contributed by atoms with E-state index in [4.69, 9.17) is 5.39 Å². The fourth-order valence-corrected chi connectivity index (χ4v) is 0.655. The Labute approximate surface area is 61.2 Å². The number of anilines is 1. The van der Waals surface area contributed by atoms with Crippen LogP contribution < -0.4 is 5.43 Å². The van der Waals surface area contributed by atoms with Gasteiger partial charge >= 0.3 is 5.08 Å². The molecule has 3 nitrogen and oxygen atoms in total. The lowest BCUT2D eigenvalue weighted by atomic mass is 10.3. The molecular weight excluding hydrogens is 152 g/mol. The Morgan fingerprint density at radius 1 is 1.27 bits per heavy atom. The van der Waals surface area contributed by atoms with Crippen molar-refractivity contribution in [3.05, 3.63) is 34.9 Å². The van der Waals surface area contributed by atoms with E-state index in [9.17, 15) is 8.78 Å². The first-order chi connectivity index (χ1) is 5.25. The molecule has 5 heteroatoms. The third-order valence-electron chi connectivity index (χ3n) is 1.12. The fourth-order valence-electron chi connectivity index (χ4n) is 0.655. The standard InChI is InChI=1S/C6H4F2N3/c7-4-2-1-3-5(8)6(4)10-11-9/h1-3,10H/q+1. The molecule has 1 aromatic rings. The number of rotatable bonds is 1. The van der Waals surface area contributed by atoms with E-state index >= 15 is 0 Å². The van der Waals surface area contributed by atoms with Gasteiger partial charge in [0, 0.05) is 0 Å². The van der Waals surface area contributed by atoms with E-state index < -0.39 is 17.3 Å². The van der Waals surface area contributed by atoms with E-state index in [1.54, 1.807) is 5.43 Å². The summed E-state index contributed by atoms with van der Waals surface area (Å²) in [5, 5.41) is 10.3. The van der Waals surface area contributed by atoms with E-state index in [0.717, 1.165) is 12.1 Å². The normalized spacial score (nSPS) is 8.82. The molecule has 1 N–H and O–H groups in total. The fraction of sp³-hybridized carbons (Fsp3) is 0. The summed E-state index contributed by atoms with van der Waals surface area (Å²) in [5.74, 6) is -1.61. The van der Waals surface area contributed by atoms with Gasteiger partial charge in [-0.1, -0.05) is 6.07 Å². The van der Waals surface area contributed by atoms with Gasteiger partial charge in [0.1, 0.15) is 0 Å². The van der Waals surface area contributed by atoms with Crippen molar-refractivity contribution in [2.45, 2.75) is 0 Å². The average Bonchev–Trinajstić information content (AvgIpc) is 1.97. The molecule has 1 aromatic carbocycles. The minimum atomic E-state index is -0.803. The minimum absolute atomic E-state index is 0.463. The molecule has 56 valence electrons. The van der Waals surface area contributed by atoms with Gasteiger partial charge in [-0.25, -0.2) is 8.78 Å². The van der Waals surface area contributed by atoms with E-state index in [1.807, 2.05) is 0 Å². The van der Waals surface area contributed by atoms with Gasteiger partial charge in [-0.15, -0.1) is 0 Å². The zero-order chi connectivity index (χ0) is 8.27. The third-order valence-corrected chi connectivity index (χ3v) is 1.12. The highest BCUT2D eigenvalue weighted by Gasteiger charge is 2.11. The Balaban J connectivity index is 3.12. The van der Waals surface area contributed by atoms with E-state index in [0.29, 0.717) is 0 Å². The molecule has 0 spiro atoms. The topological polar surface area (TPSA) is 40.2 Å². The second-order valence-corrected chi connectivity index (χ2v) is 1.81. The van der Waals surface area contributed by atoms with Crippen molar-refractivity contribution in [1.29, 1.82) is 5.39 Å². The molecule has 0 aliphatic rings. The first kappa shape index (κ1) is 7.41. The van der Waals surface area contributed by atoms with Crippen LogP contribution in [-0.4, -0.2) is 0 Å². The van der Waals surface area contributed by atoms with Crippen LogP contribution in [0, 0.1) is 17.0 Å². The SMILES string of the molecule is N#[N+]Nc1c(F)cccc1F. The second kappa shape index (κ2) is 2.92. The van der Waals surface area contributed by atoms with Crippen molar-refractivity contribution in [3.63, 3.8) is 0 Å². The Morgan fingerprint density at radius 2 is 1.82 bits per heavy atom. The Morgan fingerprint density at radius 3 is 2.27 bits per heavy atom. The predicted octanol–water partition coefficient (Wildman–Crippen LogP) is 2.14. The lowest BCUT2D eigenvalue weighted by Gasteiger charge is -1.92. The highest BCUT2D eigenvalue weighted by molar-refractivity contribution is 5.46. The Hall–Kier alpha value is -1.70. The van der Waals surface area contributed by atoms with Crippen LogP contribution in [0.3, 0.4) is 0 Å². The van der Waals surface area contributed by atoms with Crippen LogP contribution in [0.5, 0.6) is 0 Å². The predicted molar refractivity (Wildman–Crippen MR) is 35.1 cm³/mol. The van der Waals surface area contributed by atoms with Crippen LogP contribution in [0.15, 0.2) is 18.2 Å².